The van der Waals surface area contributed by atoms with Crippen LogP contribution in [-0.2, 0) is 15.9 Å². The number of nitrogens with one attached hydrogen (secondary N) is 1. The van der Waals surface area contributed by atoms with Crippen LogP contribution in [0, 0.1) is 5.92 Å². The maximum Gasteiger partial charge on any atom is 0.413 e. The number of amides is 1. The van der Waals surface area contributed by atoms with E-state index in [-0.39, 0.29) is 6.04 Å². The van der Waals surface area contributed by atoms with Crippen molar-refractivity contribution in [2.45, 2.75) is 59.1 Å². The van der Waals surface area contributed by atoms with E-state index in [0.29, 0.717) is 24.3 Å². The first-order valence-corrected chi connectivity index (χ1v) is 11.4. The van der Waals surface area contributed by atoms with E-state index < -0.39 is 11.7 Å². The molecule has 1 atom stereocenters. The summed E-state index contributed by atoms with van der Waals surface area (Å²) in [6, 6.07) is 6.17. The molecule has 172 valence electrons. The van der Waals surface area contributed by atoms with Crippen LogP contribution in [-0.4, -0.2) is 43.0 Å². The summed E-state index contributed by atoms with van der Waals surface area (Å²) in [5, 5.41) is 5.06. The zero-order chi connectivity index (χ0) is 23.0. The fourth-order valence-corrected chi connectivity index (χ4v) is 3.46. The van der Waals surface area contributed by atoms with Gasteiger partial charge in [-0.25, -0.2) is 9.78 Å². The number of carbonyl (C=O) groups is 1. The number of thiazole rings is 1. The lowest BCUT2D eigenvalue weighted by atomic mass is 9.96. The minimum absolute atomic E-state index is 0.0797. The highest BCUT2D eigenvalue weighted by Gasteiger charge is 2.19. The van der Waals surface area contributed by atoms with Crippen molar-refractivity contribution in [3.05, 3.63) is 29.1 Å². The number of carbonyl (C=O) groups excluding carboxylic acids is 1. The first kappa shape index (κ1) is 25.1. The van der Waals surface area contributed by atoms with Gasteiger partial charge in [0.2, 0.25) is 0 Å². The molecule has 0 saturated carbocycles. The number of nitrogens with two attached hydrogens (primary N) is 1. The van der Waals surface area contributed by atoms with Crippen molar-refractivity contribution in [2.24, 2.45) is 11.7 Å². The van der Waals surface area contributed by atoms with Crippen molar-refractivity contribution in [1.82, 2.24) is 4.98 Å². The van der Waals surface area contributed by atoms with Gasteiger partial charge in [0.05, 0.1) is 12.3 Å². The summed E-state index contributed by atoms with van der Waals surface area (Å²) in [5.41, 5.74) is 8.41. The summed E-state index contributed by atoms with van der Waals surface area (Å²) in [5.74, 6) is 1.14. The SMILES string of the molecule is COCCCOc1cc(CC(N)C(C)C)ccc1-c1csc(NC(=O)OC(C)(C)C)n1. The van der Waals surface area contributed by atoms with Gasteiger partial charge in [-0.2, -0.15) is 0 Å². The van der Waals surface area contributed by atoms with E-state index in [4.69, 9.17) is 19.9 Å². The first-order valence-electron chi connectivity index (χ1n) is 10.5. The lowest BCUT2D eigenvalue weighted by molar-refractivity contribution is 0.0636. The Kier molecular flexibility index (Phi) is 9.28. The fourth-order valence-electron chi connectivity index (χ4n) is 2.76. The van der Waals surface area contributed by atoms with Gasteiger partial charge in [0.15, 0.2) is 5.13 Å². The van der Waals surface area contributed by atoms with E-state index in [9.17, 15) is 4.79 Å². The molecule has 0 spiro atoms. The lowest BCUT2D eigenvalue weighted by Crippen LogP contribution is -2.28. The molecule has 1 unspecified atom stereocenters. The van der Waals surface area contributed by atoms with Crippen molar-refractivity contribution in [1.29, 1.82) is 0 Å². The van der Waals surface area contributed by atoms with Gasteiger partial charge >= 0.3 is 6.09 Å². The maximum atomic E-state index is 12.0. The average Bonchev–Trinajstić information content (AvgIpc) is 3.11. The number of benzene rings is 1. The largest absolute Gasteiger partial charge is 0.493 e. The Balaban J connectivity index is 2.21. The fraction of sp³-hybridized carbons (Fsp3) is 0.565. The van der Waals surface area contributed by atoms with Crippen LogP contribution in [0.4, 0.5) is 9.93 Å². The van der Waals surface area contributed by atoms with Gasteiger partial charge in [-0.05, 0) is 50.8 Å². The van der Waals surface area contributed by atoms with E-state index in [0.717, 1.165) is 35.4 Å². The number of rotatable bonds is 10. The minimum Gasteiger partial charge on any atom is -0.493 e. The molecule has 1 heterocycles. The molecular formula is C23H35N3O4S. The molecule has 0 radical (unpaired) electrons. The van der Waals surface area contributed by atoms with Crippen LogP contribution in [0.3, 0.4) is 0 Å². The first-order chi connectivity index (χ1) is 14.6. The van der Waals surface area contributed by atoms with E-state index in [1.807, 2.05) is 38.3 Å². The van der Waals surface area contributed by atoms with Gasteiger partial charge in [0.1, 0.15) is 11.4 Å². The number of aromatic nitrogens is 1. The van der Waals surface area contributed by atoms with Gasteiger partial charge in [0, 0.05) is 37.1 Å². The molecule has 0 bridgehead atoms. The van der Waals surface area contributed by atoms with Crippen LogP contribution in [0.5, 0.6) is 5.75 Å². The smallest absolute Gasteiger partial charge is 0.413 e. The van der Waals surface area contributed by atoms with Crippen LogP contribution in [0.1, 0.15) is 46.6 Å². The number of hydrogen-bond acceptors (Lipinski definition) is 7. The molecule has 3 N–H and O–H groups in total. The Morgan fingerprint density at radius 1 is 1.26 bits per heavy atom. The van der Waals surface area contributed by atoms with Crippen molar-refractivity contribution < 1.29 is 19.0 Å². The summed E-state index contributed by atoms with van der Waals surface area (Å²) in [6.07, 6.45) is 1.03. The van der Waals surface area contributed by atoms with Gasteiger partial charge in [-0.3, -0.25) is 5.32 Å². The molecule has 1 aromatic heterocycles. The van der Waals surface area contributed by atoms with Crippen LogP contribution in [0.15, 0.2) is 23.6 Å². The van der Waals surface area contributed by atoms with Gasteiger partial charge < -0.3 is 19.9 Å². The lowest BCUT2D eigenvalue weighted by Gasteiger charge is -2.19. The molecule has 1 aromatic carbocycles. The van der Waals surface area contributed by atoms with Crippen LogP contribution < -0.4 is 15.8 Å². The molecule has 0 aliphatic carbocycles. The third-order valence-corrected chi connectivity index (χ3v) is 5.27. The molecule has 8 heteroatoms. The van der Waals surface area contributed by atoms with E-state index >= 15 is 0 Å². The monoisotopic (exact) mass is 449 g/mol. The van der Waals surface area contributed by atoms with Crippen molar-refractivity contribution >= 4 is 22.6 Å². The molecule has 31 heavy (non-hydrogen) atoms. The van der Waals surface area contributed by atoms with E-state index in [1.165, 1.54) is 11.3 Å². The summed E-state index contributed by atoms with van der Waals surface area (Å²) in [4.78, 5) is 16.6. The topological polar surface area (TPSA) is 95.7 Å². The molecule has 0 aliphatic rings. The molecule has 2 aromatic rings. The minimum atomic E-state index is -0.569. The van der Waals surface area contributed by atoms with Gasteiger partial charge in [-0.15, -0.1) is 11.3 Å². The molecular weight excluding hydrogens is 414 g/mol. The third-order valence-electron chi connectivity index (χ3n) is 4.51. The van der Waals surface area contributed by atoms with Crippen molar-refractivity contribution in [2.75, 3.05) is 25.6 Å². The number of anilines is 1. The molecule has 0 fully saturated rings. The van der Waals surface area contributed by atoms with E-state index in [1.54, 1.807) is 7.11 Å². The van der Waals surface area contributed by atoms with Crippen molar-refractivity contribution in [3.8, 4) is 17.0 Å². The molecule has 0 saturated heterocycles. The van der Waals surface area contributed by atoms with Crippen molar-refractivity contribution in [3.63, 3.8) is 0 Å². The zero-order valence-electron chi connectivity index (χ0n) is 19.4. The summed E-state index contributed by atoms with van der Waals surface area (Å²) >= 11 is 1.34. The average molecular weight is 450 g/mol. The highest BCUT2D eigenvalue weighted by molar-refractivity contribution is 7.14. The Morgan fingerprint density at radius 2 is 2.00 bits per heavy atom. The highest BCUT2D eigenvalue weighted by Crippen LogP contribution is 2.34. The number of nitrogens with zero attached hydrogens (tertiary/aromatic N) is 1. The Hall–Kier alpha value is -2.16. The normalized spacial score (nSPS) is 12.6. The predicted octanol–water partition coefficient (Wildman–Crippen LogP) is 5.10. The zero-order valence-corrected chi connectivity index (χ0v) is 20.2. The van der Waals surface area contributed by atoms with Gasteiger partial charge in [-0.1, -0.05) is 19.9 Å². The second kappa shape index (κ2) is 11.5. The molecule has 0 aliphatic heterocycles. The number of methoxy groups -OCH3 is 1. The molecule has 7 nitrogen and oxygen atoms in total. The molecule has 1 amide bonds. The van der Waals surface area contributed by atoms with E-state index in [2.05, 4.69) is 30.2 Å². The predicted molar refractivity (Wildman–Crippen MR) is 126 cm³/mol. The second-order valence-corrected chi connectivity index (χ2v) is 9.66. The number of ether oxygens (including phenoxy) is 3. The summed E-state index contributed by atoms with van der Waals surface area (Å²) in [7, 11) is 1.67. The standard InChI is InChI=1S/C23H35N3O4S/c1-15(2)18(24)12-16-8-9-17(20(13-16)29-11-7-10-28-6)19-14-31-21(25-19)26-22(27)30-23(3,4)5/h8-9,13-15,18H,7,10-12,24H2,1-6H3,(H,25,26,27). The molecule has 2 rings (SSSR count). The second-order valence-electron chi connectivity index (χ2n) is 8.80. The van der Waals surface area contributed by atoms with Crippen LogP contribution >= 0.6 is 11.3 Å². The summed E-state index contributed by atoms with van der Waals surface area (Å²) < 4.78 is 16.5. The van der Waals surface area contributed by atoms with Crippen LogP contribution in [0.2, 0.25) is 0 Å². The Bertz CT molecular complexity index is 846. The Labute approximate surface area is 189 Å². The number of hydrogen-bond donors (Lipinski definition) is 2. The third kappa shape index (κ3) is 8.47. The highest BCUT2D eigenvalue weighted by atomic mass is 32.1. The Morgan fingerprint density at radius 3 is 2.65 bits per heavy atom. The summed E-state index contributed by atoms with van der Waals surface area (Å²) in [6.45, 7) is 10.9. The quantitative estimate of drug-likeness (QED) is 0.490. The maximum absolute atomic E-state index is 12.0. The van der Waals surface area contributed by atoms with Gasteiger partial charge in [0.25, 0.3) is 0 Å². The van der Waals surface area contributed by atoms with Crippen LogP contribution in [0.25, 0.3) is 11.3 Å².